The molecule has 0 aliphatic rings. The van der Waals surface area contributed by atoms with Crippen molar-refractivity contribution in [2.24, 2.45) is 0 Å². The molecule has 21 heavy (non-hydrogen) atoms. The first-order chi connectivity index (χ1) is 10.4. The maximum absolute atomic E-state index is 4.54. The molecule has 0 bridgehead atoms. The SMILES string of the molecule is c1cnc2cc3c(cc2c1)c1cccnc1c1ccnn31. The highest BCUT2D eigenvalue weighted by Crippen LogP contribution is 2.30. The van der Waals surface area contributed by atoms with Crippen molar-refractivity contribution < 1.29 is 0 Å². The van der Waals surface area contributed by atoms with Crippen LogP contribution in [0.3, 0.4) is 0 Å². The Morgan fingerprint density at radius 2 is 1.67 bits per heavy atom. The molecule has 0 saturated carbocycles. The van der Waals surface area contributed by atoms with Crippen LogP contribution < -0.4 is 0 Å². The minimum Gasteiger partial charge on any atom is -0.256 e. The molecule has 0 amide bonds. The van der Waals surface area contributed by atoms with Crippen LogP contribution in [-0.2, 0) is 0 Å². The molecule has 0 N–H and O–H groups in total. The molecule has 4 heteroatoms. The fraction of sp³-hybridized carbons (Fsp3) is 0. The number of rotatable bonds is 0. The Bertz CT molecular complexity index is 1140. The molecule has 4 nitrogen and oxygen atoms in total. The summed E-state index contributed by atoms with van der Waals surface area (Å²) in [5, 5.41) is 7.87. The summed E-state index contributed by atoms with van der Waals surface area (Å²) in [5.41, 5.74) is 4.03. The molecule has 0 radical (unpaired) electrons. The fourth-order valence-corrected chi connectivity index (χ4v) is 3.00. The fourth-order valence-electron chi connectivity index (χ4n) is 3.00. The van der Waals surface area contributed by atoms with Crippen LogP contribution in [-0.4, -0.2) is 19.6 Å². The molecule has 1 aromatic carbocycles. The highest BCUT2D eigenvalue weighted by molar-refractivity contribution is 6.13. The van der Waals surface area contributed by atoms with E-state index in [2.05, 4.69) is 39.3 Å². The topological polar surface area (TPSA) is 43.1 Å². The van der Waals surface area contributed by atoms with Gasteiger partial charge in [0.15, 0.2) is 0 Å². The first kappa shape index (κ1) is 10.7. The Morgan fingerprint density at radius 1 is 0.762 bits per heavy atom. The third kappa shape index (κ3) is 1.36. The molecule has 4 heterocycles. The number of hydrogen-bond acceptors (Lipinski definition) is 3. The average Bonchev–Trinajstić information content (AvgIpc) is 3.03. The van der Waals surface area contributed by atoms with Gasteiger partial charge in [0, 0.05) is 28.6 Å². The summed E-state index contributed by atoms with van der Waals surface area (Å²) >= 11 is 0. The lowest BCUT2D eigenvalue weighted by Crippen LogP contribution is -1.94. The predicted molar refractivity (Wildman–Crippen MR) is 83.3 cm³/mol. The van der Waals surface area contributed by atoms with Gasteiger partial charge in [0.05, 0.1) is 28.3 Å². The van der Waals surface area contributed by atoms with Crippen molar-refractivity contribution in [3.63, 3.8) is 0 Å². The van der Waals surface area contributed by atoms with E-state index < -0.39 is 0 Å². The molecule has 0 fully saturated rings. The first-order valence-electron chi connectivity index (χ1n) is 6.81. The zero-order valence-corrected chi connectivity index (χ0v) is 11.1. The summed E-state index contributed by atoms with van der Waals surface area (Å²) < 4.78 is 1.94. The maximum atomic E-state index is 4.54. The number of pyridine rings is 3. The number of hydrogen-bond donors (Lipinski definition) is 0. The smallest absolute Gasteiger partial charge is 0.0966 e. The second-order valence-electron chi connectivity index (χ2n) is 5.09. The van der Waals surface area contributed by atoms with Gasteiger partial charge >= 0.3 is 0 Å². The molecule has 0 saturated heterocycles. The normalized spacial score (nSPS) is 11.8. The van der Waals surface area contributed by atoms with Crippen LogP contribution in [0.5, 0.6) is 0 Å². The predicted octanol–water partition coefficient (Wildman–Crippen LogP) is 3.58. The summed E-state index contributed by atoms with van der Waals surface area (Å²) in [4.78, 5) is 8.98. The molecule has 0 unspecified atom stereocenters. The lowest BCUT2D eigenvalue weighted by Gasteiger charge is -2.08. The van der Waals surface area contributed by atoms with E-state index in [1.165, 1.54) is 0 Å². The van der Waals surface area contributed by atoms with Crippen LogP contribution in [0.25, 0.3) is 38.2 Å². The third-order valence-electron chi connectivity index (χ3n) is 3.93. The summed E-state index contributed by atoms with van der Waals surface area (Å²) in [6.45, 7) is 0. The van der Waals surface area contributed by atoms with Gasteiger partial charge in [-0.15, -0.1) is 0 Å². The van der Waals surface area contributed by atoms with E-state index in [9.17, 15) is 0 Å². The van der Waals surface area contributed by atoms with E-state index in [-0.39, 0.29) is 0 Å². The summed E-state index contributed by atoms with van der Waals surface area (Å²) in [6, 6.07) is 14.4. The first-order valence-corrected chi connectivity index (χ1v) is 6.81. The van der Waals surface area contributed by atoms with Crippen LogP contribution in [0.1, 0.15) is 0 Å². The van der Waals surface area contributed by atoms with Crippen LogP contribution in [0.4, 0.5) is 0 Å². The van der Waals surface area contributed by atoms with Gasteiger partial charge in [-0.25, -0.2) is 4.52 Å². The summed E-state index contributed by atoms with van der Waals surface area (Å²) in [6.07, 6.45) is 5.45. The van der Waals surface area contributed by atoms with Gasteiger partial charge in [-0.1, -0.05) is 12.1 Å². The minimum atomic E-state index is 0.977. The molecule has 0 aliphatic carbocycles. The molecular weight excluding hydrogens is 260 g/mol. The second-order valence-corrected chi connectivity index (χ2v) is 5.09. The van der Waals surface area contributed by atoms with E-state index in [0.717, 1.165) is 38.2 Å². The Hall–Kier alpha value is -3.01. The van der Waals surface area contributed by atoms with Gasteiger partial charge < -0.3 is 0 Å². The van der Waals surface area contributed by atoms with Crippen molar-refractivity contribution >= 4 is 38.2 Å². The lowest BCUT2D eigenvalue weighted by molar-refractivity contribution is 1.01. The molecule has 0 aliphatic heterocycles. The van der Waals surface area contributed by atoms with Crippen molar-refractivity contribution in [3.05, 3.63) is 61.1 Å². The van der Waals surface area contributed by atoms with Gasteiger partial charge in [-0.2, -0.15) is 5.10 Å². The van der Waals surface area contributed by atoms with Gasteiger partial charge in [0.2, 0.25) is 0 Å². The molecular formula is C17H10N4. The average molecular weight is 270 g/mol. The summed E-state index contributed by atoms with van der Waals surface area (Å²) in [7, 11) is 0. The number of fused-ring (bicyclic) bond motifs is 7. The zero-order chi connectivity index (χ0) is 13.8. The number of aromatic nitrogens is 4. The Morgan fingerprint density at radius 3 is 2.67 bits per heavy atom. The van der Waals surface area contributed by atoms with Crippen molar-refractivity contribution in [1.82, 2.24) is 19.6 Å². The number of nitrogens with zero attached hydrogens (tertiary/aromatic N) is 4. The minimum absolute atomic E-state index is 0.977. The van der Waals surface area contributed by atoms with Crippen molar-refractivity contribution in [2.75, 3.05) is 0 Å². The Kier molecular flexibility index (Phi) is 1.92. The Labute approximate surface area is 119 Å². The molecule has 5 rings (SSSR count). The highest BCUT2D eigenvalue weighted by Gasteiger charge is 2.10. The Balaban J connectivity index is 2.18. The molecule has 0 atom stereocenters. The summed E-state index contributed by atoms with van der Waals surface area (Å²) in [5.74, 6) is 0. The number of benzene rings is 1. The second kappa shape index (κ2) is 3.76. The van der Waals surface area contributed by atoms with E-state index in [1.807, 2.05) is 41.3 Å². The molecule has 4 aromatic heterocycles. The zero-order valence-electron chi connectivity index (χ0n) is 11.1. The maximum Gasteiger partial charge on any atom is 0.0966 e. The van der Waals surface area contributed by atoms with Crippen LogP contribution >= 0.6 is 0 Å². The van der Waals surface area contributed by atoms with Crippen molar-refractivity contribution in [1.29, 1.82) is 0 Å². The van der Waals surface area contributed by atoms with Crippen molar-refractivity contribution in [3.8, 4) is 0 Å². The van der Waals surface area contributed by atoms with Crippen LogP contribution in [0.15, 0.2) is 61.1 Å². The quantitative estimate of drug-likeness (QED) is 0.319. The molecule has 98 valence electrons. The van der Waals surface area contributed by atoms with E-state index in [0.29, 0.717) is 0 Å². The van der Waals surface area contributed by atoms with Crippen LogP contribution in [0, 0.1) is 0 Å². The third-order valence-corrected chi connectivity index (χ3v) is 3.93. The highest BCUT2D eigenvalue weighted by atomic mass is 15.2. The van der Waals surface area contributed by atoms with E-state index in [4.69, 9.17) is 0 Å². The van der Waals surface area contributed by atoms with E-state index >= 15 is 0 Å². The monoisotopic (exact) mass is 270 g/mol. The van der Waals surface area contributed by atoms with E-state index in [1.54, 1.807) is 0 Å². The van der Waals surface area contributed by atoms with Gasteiger partial charge in [-0.05, 0) is 30.3 Å². The van der Waals surface area contributed by atoms with Crippen LogP contribution in [0.2, 0.25) is 0 Å². The van der Waals surface area contributed by atoms with Gasteiger partial charge in [-0.3, -0.25) is 9.97 Å². The largest absolute Gasteiger partial charge is 0.256 e. The van der Waals surface area contributed by atoms with Gasteiger partial charge in [0.1, 0.15) is 0 Å². The molecule has 0 spiro atoms. The van der Waals surface area contributed by atoms with Gasteiger partial charge in [0.25, 0.3) is 0 Å². The molecule has 5 aromatic rings. The standard InChI is InChI=1S/C17H10N4/c1-3-11-9-13-12-4-2-7-19-17(12)15-5-8-20-21(15)16(13)10-14(11)18-6-1/h1-10H. The lowest BCUT2D eigenvalue weighted by atomic mass is 10.1. The van der Waals surface area contributed by atoms with Crippen molar-refractivity contribution in [2.45, 2.75) is 0 Å².